The van der Waals surface area contributed by atoms with E-state index in [0.717, 1.165) is 26.1 Å². The van der Waals surface area contributed by atoms with E-state index in [1.807, 2.05) is 13.0 Å². The van der Waals surface area contributed by atoms with Crippen LogP contribution in [0.1, 0.15) is 13.3 Å². The minimum atomic E-state index is -0.0667. The Morgan fingerprint density at radius 2 is 2.46 bits per heavy atom. The molecule has 74 valence electrons. The Balaban J connectivity index is 2.31. The smallest absolute Gasteiger partial charge is 0.310 e. The molecule has 0 radical (unpaired) electrons. The Morgan fingerprint density at radius 1 is 1.69 bits per heavy atom. The Hall–Kier alpha value is -0.830. The Morgan fingerprint density at radius 3 is 3.08 bits per heavy atom. The van der Waals surface area contributed by atoms with Crippen molar-refractivity contribution >= 4 is 5.97 Å². The maximum atomic E-state index is 11.2. The van der Waals surface area contributed by atoms with Gasteiger partial charge in [-0.3, -0.25) is 9.69 Å². The zero-order chi connectivity index (χ0) is 9.68. The van der Waals surface area contributed by atoms with Gasteiger partial charge in [0.2, 0.25) is 0 Å². The van der Waals surface area contributed by atoms with Crippen LogP contribution in [0.4, 0.5) is 0 Å². The molecule has 1 rings (SSSR count). The molecular formula is C10H17NO2. The van der Waals surface area contributed by atoms with Gasteiger partial charge in [-0.2, -0.15) is 0 Å². The van der Waals surface area contributed by atoms with Crippen molar-refractivity contribution in [3.63, 3.8) is 0 Å². The monoisotopic (exact) mass is 183 g/mol. The third kappa shape index (κ3) is 2.84. The second-order valence-electron chi connectivity index (χ2n) is 3.34. The van der Waals surface area contributed by atoms with Crippen molar-refractivity contribution in [1.29, 1.82) is 0 Å². The van der Waals surface area contributed by atoms with Crippen LogP contribution in [0.3, 0.4) is 0 Å². The first-order valence-corrected chi connectivity index (χ1v) is 4.69. The molecule has 0 N–H and O–H groups in total. The SMILES string of the molecule is CC=CCN1CCC(C(=O)OC)C1. The summed E-state index contributed by atoms with van der Waals surface area (Å²) >= 11 is 0. The quantitative estimate of drug-likeness (QED) is 0.484. The highest BCUT2D eigenvalue weighted by Gasteiger charge is 2.27. The molecule has 0 spiro atoms. The lowest BCUT2D eigenvalue weighted by molar-refractivity contribution is -0.144. The third-order valence-electron chi connectivity index (χ3n) is 2.41. The number of carbonyl (C=O) groups excluding carboxylic acids is 1. The van der Waals surface area contributed by atoms with Crippen LogP contribution in [0.2, 0.25) is 0 Å². The van der Waals surface area contributed by atoms with Crippen molar-refractivity contribution in [2.45, 2.75) is 13.3 Å². The van der Waals surface area contributed by atoms with Crippen molar-refractivity contribution in [3.05, 3.63) is 12.2 Å². The number of hydrogen-bond donors (Lipinski definition) is 0. The summed E-state index contributed by atoms with van der Waals surface area (Å²) in [5, 5.41) is 0. The van der Waals surface area contributed by atoms with E-state index >= 15 is 0 Å². The second kappa shape index (κ2) is 5.02. The van der Waals surface area contributed by atoms with Crippen molar-refractivity contribution in [2.24, 2.45) is 5.92 Å². The van der Waals surface area contributed by atoms with E-state index in [4.69, 9.17) is 4.74 Å². The van der Waals surface area contributed by atoms with Gasteiger partial charge < -0.3 is 4.74 Å². The predicted octanol–water partition coefficient (Wildman–Crippen LogP) is 1.06. The molecule has 0 aliphatic carbocycles. The highest BCUT2D eigenvalue weighted by atomic mass is 16.5. The molecule has 1 aliphatic rings. The lowest BCUT2D eigenvalue weighted by Crippen LogP contribution is -2.23. The maximum Gasteiger partial charge on any atom is 0.310 e. The number of rotatable bonds is 3. The topological polar surface area (TPSA) is 29.5 Å². The molecule has 0 aromatic rings. The number of esters is 1. The first-order chi connectivity index (χ1) is 6.27. The molecule has 1 saturated heterocycles. The normalized spacial score (nSPS) is 24.0. The first kappa shape index (κ1) is 10.3. The molecule has 3 heteroatoms. The minimum absolute atomic E-state index is 0.0667. The summed E-state index contributed by atoms with van der Waals surface area (Å²) in [5.74, 6) is 0.0261. The van der Waals surface area contributed by atoms with Crippen molar-refractivity contribution in [1.82, 2.24) is 4.90 Å². The fourth-order valence-corrected chi connectivity index (χ4v) is 1.61. The third-order valence-corrected chi connectivity index (χ3v) is 2.41. The fraction of sp³-hybridized carbons (Fsp3) is 0.700. The van der Waals surface area contributed by atoms with Gasteiger partial charge in [0.05, 0.1) is 13.0 Å². The van der Waals surface area contributed by atoms with Crippen LogP contribution in [-0.4, -0.2) is 37.6 Å². The average Bonchev–Trinajstić information content (AvgIpc) is 2.62. The van der Waals surface area contributed by atoms with Crippen LogP contribution in [-0.2, 0) is 9.53 Å². The highest BCUT2D eigenvalue weighted by Crippen LogP contribution is 2.16. The number of nitrogens with zero attached hydrogens (tertiary/aromatic N) is 1. The zero-order valence-electron chi connectivity index (χ0n) is 8.32. The lowest BCUT2D eigenvalue weighted by Gasteiger charge is -2.12. The van der Waals surface area contributed by atoms with E-state index < -0.39 is 0 Å². The van der Waals surface area contributed by atoms with Gasteiger partial charge in [0.15, 0.2) is 0 Å². The van der Waals surface area contributed by atoms with E-state index in [1.165, 1.54) is 7.11 Å². The van der Waals surface area contributed by atoms with Gasteiger partial charge in [0.25, 0.3) is 0 Å². The highest BCUT2D eigenvalue weighted by molar-refractivity contribution is 5.72. The molecule has 0 saturated carbocycles. The van der Waals surface area contributed by atoms with Crippen LogP contribution in [0.5, 0.6) is 0 Å². The van der Waals surface area contributed by atoms with Crippen molar-refractivity contribution < 1.29 is 9.53 Å². The number of hydrogen-bond acceptors (Lipinski definition) is 3. The second-order valence-corrected chi connectivity index (χ2v) is 3.34. The molecule has 0 amide bonds. The van der Waals surface area contributed by atoms with Crippen LogP contribution in [0.15, 0.2) is 12.2 Å². The molecule has 0 aromatic heterocycles. The molecule has 13 heavy (non-hydrogen) atoms. The molecule has 0 bridgehead atoms. The molecular weight excluding hydrogens is 166 g/mol. The van der Waals surface area contributed by atoms with Crippen LogP contribution in [0, 0.1) is 5.92 Å². The minimum Gasteiger partial charge on any atom is -0.469 e. The van der Waals surface area contributed by atoms with Crippen LogP contribution < -0.4 is 0 Å². The zero-order valence-corrected chi connectivity index (χ0v) is 8.32. The Kier molecular flexibility index (Phi) is 3.96. The summed E-state index contributed by atoms with van der Waals surface area (Å²) in [6.07, 6.45) is 5.08. The van der Waals surface area contributed by atoms with Gasteiger partial charge in [0, 0.05) is 13.1 Å². The summed E-state index contributed by atoms with van der Waals surface area (Å²) in [6, 6.07) is 0. The molecule has 1 atom stereocenters. The maximum absolute atomic E-state index is 11.2. The fourth-order valence-electron chi connectivity index (χ4n) is 1.61. The van der Waals surface area contributed by atoms with Gasteiger partial charge in [-0.25, -0.2) is 0 Å². The average molecular weight is 183 g/mol. The Bertz CT molecular complexity index is 201. The largest absolute Gasteiger partial charge is 0.469 e. The number of carbonyl (C=O) groups is 1. The molecule has 1 unspecified atom stereocenters. The van der Waals surface area contributed by atoms with E-state index in [-0.39, 0.29) is 11.9 Å². The summed E-state index contributed by atoms with van der Waals surface area (Å²) in [5.41, 5.74) is 0. The molecule has 3 nitrogen and oxygen atoms in total. The van der Waals surface area contributed by atoms with Crippen LogP contribution >= 0.6 is 0 Å². The van der Waals surface area contributed by atoms with E-state index in [2.05, 4.69) is 11.0 Å². The van der Waals surface area contributed by atoms with Crippen molar-refractivity contribution in [3.8, 4) is 0 Å². The Labute approximate surface area is 79.4 Å². The van der Waals surface area contributed by atoms with E-state index in [1.54, 1.807) is 0 Å². The first-order valence-electron chi connectivity index (χ1n) is 4.69. The molecule has 0 aromatic carbocycles. The molecule has 1 heterocycles. The number of allylic oxidation sites excluding steroid dienone is 1. The molecule has 1 fully saturated rings. The lowest BCUT2D eigenvalue weighted by atomic mass is 10.1. The number of ether oxygens (including phenoxy) is 1. The standard InChI is InChI=1S/C10H17NO2/c1-3-4-6-11-7-5-9(8-11)10(12)13-2/h3-4,9H,5-8H2,1-2H3. The summed E-state index contributed by atoms with van der Waals surface area (Å²) in [7, 11) is 1.46. The summed E-state index contributed by atoms with van der Waals surface area (Å²) in [6.45, 7) is 4.80. The summed E-state index contributed by atoms with van der Waals surface area (Å²) in [4.78, 5) is 13.4. The van der Waals surface area contributed by atoms with Gasteiger partial charge in [-0.05, 0) is 19.9 Å². The van der Waals surface area contributed by atoms with E-state index in [0.29, 0.717) is 0 Å². The van der Waals surface area contributed by atoms with Crippen molar-refractivity contribution in [2.75, 3.05) is 26.7 Å². The van der Waals surface area contributed by atoms with Crippen LogP contribution in [0.25, 0.3) is 0 Å². The summed E-state index contributed by atoms with van der Waals surface area (Å²) < 4.78 is 4.70. The van der Waals surface area contributed by atoms with Gasteiger partial charge in [0.1, 0.15) is 0 Å². The molecule has 1 aliphatic heterocycles. The van der Waals surface area contributed by atoms with Gasteiger partial charge in [-0.1, -0.05) is 12.2 Å². The predicted molar refractivity (Wildman–Crippen MR) is 51.4 cm³/mol. The number of likely N-dealkylation sites (tertiary alicyclic amines) is 1. The van der Waals surface area contributed by atoms with Gasteiger partial charge >= 0.3 is 5.97 Å². The van der Waals surface area contributed by atoms with Gasteiger partial charge in [-0.15, -0.1) is 0 Å². The van der Waals surface area contributed by atoms with E-state index in [9.17, 15) is 4.79 Å². The number of methoxy groups -OCH3 is 1.